The molecule has 1 amide bonds. The Kier molecular flexibility index (Phi) is 7.20. The zero-order chi connectivity index (χ0) is 19.2. The van der Waals surface area contributed by atoms with Gasteiger partial charge in [0.15, 0.2) is 0 Å². The predicted octanol–water partition coefficient (Wildman–Crippen LogP) is 3.15. The fraction of sp³-hybridized carbons (Fsp3) is 0.316. The Morgan fingerprint density at radius 3 is 2.12 bits per heavy atom. The van der Waals surface area contributed by atoms with Crippen molar-refractivity contribution in [1.82, 2.24) is 9.21 Å². The number of sulfonamides is 1. The van der Waals surface area contributed by atoms with Crippen molar-refractivity contribution in [3.8, 4) is 0 Å². The standard InChI is InChI=1S/C19H23ClN2O3S/c1-21(14-16-6-4-3-5-7-16)19(23)12-13-22(26(2,24)25)15-17-8-10-18(20)11-9-17/h3-11H,12-15H2,1-2H3. The van der Waals surface area contributed by atoms with E-state index in [0.29, 0.717) is 11.6 Å². The van der Waals surface area contributed by atoms with Crippen LogP contribution in [0.15, 0.2) is 54.6 Å². The molecule has 0 atom stereocenters. The van der Waals surface area contributed by atoms with E-state index in [1.54, 1.807) is 36.2 Å². The van der Waals surface area contributed by atoms with Crippen LogP contribution in [-0.4, -0.2) is 43.4 Å². The monoisotopic (exact) mass is 394 g/mol. The molecule has 0 radical (unpaired) electrons. The number of hydrogen-bond acceptors (Lipinski definition) is 3. The van der Waals surface area contributed by atoms with Gasteiger partial charge < -0.3 is 4.90 Å². The van der Waals surface area contributed by atoms with E-state index in [9.17, 15) is 13.2 Å². The van der Waals surface area contributed by atoms with Crippen molar-refractivity contribution in [2.24, 2.45) is 0 Å². The van der Waals surface area contributed by atoms with Crippen LogP contribution in [0.5, 0.6) is 0 Å². The predicted molar refractivity (Wildman–Crippen MR) is 104 cm³/mol. The Hall–Kier alpha value is -1.89. The van der Waals surface area contributed by atoms with E-state index in [4.69, 9.17) is 11.6 Å². The van der Waals surface area contributed by atoms with Crippen LogP contribution in [0.25, 0.3) is 0 Å². The third kappa shape index (κ3) is 6.44. The first-order chi connectivity index (χ1) is 12.3. The number of carbonyl (C=O) groups is 1. The topological polar surface area (TPSA) is 57.7 Å². The van der Waals surface area contributed by atoms with Crippen LogP contribution in [0.3, 0.4) is 0 Å². The summed E-state index contributed by atoms with van der Waals surface area (Å²) >= 11 is 5.86. The van der Waals surface area contributed by atoms with Crippen LogP contribution in [0.1, 0.15) is 17.5 Å². The lowest BCUT2D eigenvalue weighted by atomic mass is 10.2. The maximum absolute atomic E-state index is 12.4. The average Bonchev–Trinajstić information content (AvgIpc) is 2.59. The molecule has 0 unspecified atom stereocenters. The Labute approximate surface area is 160 Å². The van der Waals surface area contributed by atoms with Crippen molar-refractivity contribution >= 4 is 27.5 Å². The molecule has 0 heterocycles. The normalized spacial score (nSPS) is 11.5. The molecule has 26 heavy (non-hydrogen) atoms. The summed E-state index contributed by atoms with van der Waals surface area (Å²) in [6.07, 6.45) is 1.28. The number of benzene rings is 2. The molecule has 5 nitrogen and oxygen atoms in total. The van der Waals surface area contributed by atoms with Gasteiger partial charge in [0.2, 0.25) is 15.9 Å². The highest BCUT2D eigenvalue weighted by molar-refractivity contribution is 7.88. The van der Waals surface area contributed by atoms with Crippen molar-refractivity contribution in [3.05, 3.63) is 70.7 Å². The molecular formula is C19H23ClN2O3S. The lowest BCUT2D eigenvalue weighted by molar-refractivity contribution is -0.130. The summed E-state index contributed by atoms with van der Waals surface area (Å²) in [5.41, 5.74) is 1.86. The van der Waals surface area contributed by atoms with Gasteiger partial charge in [-0.1, -0.05) is 54.1 Å². The molecule has 140 valence electrons. The number of carbonyl (C=O) groups excluding carboxylic acids is 1. The SMILES string of the molecule is CN(Cc1ccccc1)C(=O)CCN(Cc1ccc(Cl)cc1)S(C)(=O)=O. The first-order valence-corrected chi connectivity index (χ1v) is 10.5. The Morgan fingerprint density at radius 1 is 0.962 bits per heavy atom. The van der Waals surface area contributed by atoms with Gasteiger partial charge in [-0.05, 0) is 23.3 Å². The highest BCUT2D eigenvalue weighted by Crippen LogP contribution is 2.14. The average molecular weight is 395 g/mol. The minimum Gasteiger partial charge on any atom is -0.341 e. The lowest BCUT2D eigenvalue weighted by Gasteiger charge is -2.22. The minimum absolute atomic E-state index is 0.0985. The lowest BCUT2D eigenvalue weighted by Crippen LogP contribution is -2.34. The van der Waals surface area contributed by atoms with E-state index in [0.717, 1.165) is 17.4 Å². The first kappa shape index (κ1) is 20.4. The Bertz CT molecular complexity index is 824. The van der Waals surface area contributed by atoms with E-state index < -0.39 is 10.0 Å². The molecule has 0 aliphatic carbocycles. The molecule has 0 bridgehead atoms. The minimum atomic E-state index is -3.42. The van der Waals surface area contributed by atoms with E-state index in [1.165, 1.54) is 4.31 Å². The van der Waals surface area contributed by atoms with Crippen LogP contribution in [0, 0.1) is 0 Å². The third-order valence-electron chi connectivity index (χ3n) is 4.00. The zero-order valence-corrected chi connectivity index (χ0v) is 16.5. The summed E-state index contributed by atoms with van der Waals surface area (Å²) in [5, 5.41) is 0.595. The summed E-state index contributed by atoms with van der Waals surface area (Å²) in [7, 11) is -1.70. The molecular weight excluding hydrogens is 372 g/mol. The fourth-order valence-electron chi connectivity index (χ4n) is 2.51. The second-order valence-corrected chi connectivity index (χ2v) is 8.63. The molecule has 0 saturated carbocycles. The van der Waals surface area contributed by atoms with Gasteiger partial charge in [-0.15, -0.1) is 0 Å². The first-order valence-electron chi connectivity index (χ1n) is 8.23. The van der Waals surface area contributed by atoms with Crippen molar-refractivity contribution in [1.29, 1.82) is 0 Å². The molecule has 0 saturated heterocycles. The van der Waals surface area contributed by atoms with Crippen molar-refractivity contribution in [3.63, 3.8) is 0 Å². The largest absolute Gasteiger partial charge is 0.341 e. The summed E-state index contributed by atoms with van der Waals surface area (Å²) in [5.74, 6) is -0.0985. The van der Waals surface area contributed by atoms with Gasteiger partial charge in [-0.2, -0.15) is 4.31 Å². The second-order valence-electron chi connectivity index (χ2n) is 6.21. The van der Waals surface area contributed by atoms with Crippen LogP contribution >= 0.6 is 11.6 Å². The fourth-order valence-corrected chi connectivity index (χ4v) is 3.44. The maximum atomic E-state index is 12.4. The van der Waals surface area contributed by atoms with Crippen LogP contribution in [-0.2, 0) is 27.9 Å². The van der Waals surface area contributed by atoms with Crippen molar-refractivity contribution < 1.29 is 13.2 Å². The molecule has 0 spiro atoms. The number of rotatable bonds is 8. The molecule has 0 aliphatic heterocycles. The Morgan fingerprint density at radius 2 is 1.54 bits per heavy atom. The molecule has 0 N–H and O–H groups in total. The highest BCUT2D eigenvalue weighted by atomic mass is 35.5. The van der Waals surface area contributed by atoms with Gasteiger partial charge in [-0.3, -0.25) is 4.79 Å². The number of halogens is 1. The molecule has 0 aliphatic rings. The van der Waals surface area contributed by atoms with E-state index in [-0.39, 0.29) is 25.4 Å². The quantitative estimate of drug-likeness (QED) is 0.691. The molecule has 7 heteroatoms. The van der Waals surface area contributed by atoms with Crippen LogP contribution in [0.2, 0.25) is 5.02 Å². The molecule has 0 fully saturated rings. The number of hydrogen-bond donors (Lipinski definition) is 0. The number of nitrogens with zero attached hydrogens (tertiary/aromatic N) is 2. The van der Waals surface area contributed by atoms with Crippen molar-refractivity contribution in [2.75, 3.05) is 19.8 Å². The van der Waals surface area contributed by atoms with Crippen LogP contribution < -0.4 is 0 Å². The summed E-state index contributed by atoms with van der Waals surface area (Å²) in [6, 6.07) is 16.7. The van der Waals surface area contributed by atoms with Gasteiger partial charge in [0.05, 0.1) is 6.26 Å². The van der Waals surface area contributed by atoms with Gasteiger partial charge >= 0.3 is 0 Å². The Balaban J connectivity index is 1.95. The van der Waals surface area contributed by atoms with Gasteiger partial charge in [0.1, 0.15) is 0 Å². The maximum Gasteiger partial charge on any atom is 0.223 e. The molecule has 2 rings (SSSR count). The second kappa shape index (κ2) is 9.16. The summed E-state index contributed by atoms with van der Waals surface area (Å²) < 4.78 is 25.4. The van der Waals surface area contributed by atoms with E-state index in [1.807, 2.05) is 30.3 Å². The van der Waals surface area contributed by atoms with E-state index >= 15 is 0 Å². The van der Waals surface area contributed by atoms with Gasteiger partial charge in [0, 0.05) is 38.1 Å². The highest BCUT2D eigenvalue weighted by Gasteiger charge is 2.19. The van der Waals surface area contributed by atoms with E-state index in [2.05, 4.69) is 0 Å². The van der Waals surface area contributed by atoms with Gasteiger partial charge in [0.25, 0.3) is 0 Å². The van der Waals surface area contributed by atoms with Gasteiger partial charge in [-0.25, -0.2) is 8.42 Å². The summed E-state index contributed by atoms with van der Waals surface area (Å²) in [6.45, 7) is 0.848. The smallest absolute Gasteiger partial charge is 0.223 e. The molecule has 2 aromatic carbocycles. The molecule has 0 aromatic heterocycles. The zero-order valence-electron chi connectivity index (χ0n) is 14.9. The summed E-state index contributed by atoms with van der Waals surface area (Å²) in [4.78, 5) is 14.0. The molecule has 2 aromatic rings. The van der Waals surface area contributed by atoms with Crippen molar-refractivity contribution in [2.45, 2.75) is 19.5 Å². The third-order valence-corrected chi connectivity index (χ3v) is 5.51. The number of amides is 1. The van der Waals surface area contributed by atoms with Crippen LogP contribution in [0.4, 0.5) is 0 Å².